The molecule has 2 bridgehead atoms. The molecule has 2 aromatic carbocycles. The number of ether oxygens (including phenoxy) is 3. The molecule has 2 aromatic rings. The van der Waals surface area contributed by atoms with E-state index in [-0.39, 0.29) is 17.4 Å². The van der Waals surface area contributed by atoms with Crippen molar-refractivity contribution < 1.29 is 19.0 Å². The fourth-order valence-electron chi connectivity index (χ4n) is 8.38. The molecule has 5 heteroatoms. The summed E-state index contributed by atoms with van der Waals surface area (Å²) in [7, 11) is 1.71. The molecule has 6 aliphatic rings. The summed E-state index contributed by atoms with van der Waals surface area (Å²) in [4.78, 5) is 16.9. The Morgan fingerprint density at radius 2 is 1.92 bits per heavy atom. The summed E-state index contributed by atoms with van der Waals surface area (Å²) in [5, 5.41) is 0. The Labute approximate surface area is 219 Å². The lowest BCUT2D eigenvalue weighted by Crippen LogP contribution is -2.74. The molecule has 4 saturated carbocycles. The standard InChI is InChI=1S/C32H37NO4/c1-35-27-11-5-10-26-28(27)37-29-24-14-15-31(30(34)33(20-23-12-13-23)17-16-32(26,29)31)25(19-24)21-36-18-6-9-22-7-3-2-4-8-22/h2-11,23-25,29H,12-21H2,1H3. The first-order chi connectivity index (χ1) is 18.2. The van der Waals surface area contributed by atoms with Gasteiger partial charge in [-0.25, -0.2) is 0 Å². The summed E-state index contributed by atoms with van der Waals surface area (Å²) in [5.41, 5.74) is 1.62. The third-order valence-electron chi connectivity index (χ3n) is 10.1. The van der Waals surface area contributed by atoms with E-state index < -0.39 is 5.41 Å². The number of methoxy groups -OCH3 is 1. The summed E-state index contributed by atoms with van der Waals surface area (Å²) in [6.45, 7) is 2.92. The summed E-state index contributed by atoms with van der Waals surface area (Å²) in [6, 6.07) is 16.6. The second-order valence-corrected chi connectivity index (χ2v) is 11.8. The van der Waals surface area contributed by atoms with E-state index in [0.717, 1.165) is 50.3 Å². The zero-order valence-electron chi connectivity index (χ0n) is 21.7. The van der Waals surface area contributed by atoms with Gasteiger partial charge in [0.15, 0.2) is 11.5 Å². The molecule has 2 spiro atoms. The highest BCUT2D eigenvalue weighted by molar-refractivity contribution is 5.88. The Morgan fingerprint density at radius 3 is 2.73 bits per heavy atom. The van der Waals surface area contributed by atoms with Gasteiger partial charge in [0, 0.05) is 18.7 Å². The van der Waals surface area contributed by atoms with Gasteiger partial charge in [-0.05, 0) is 67.9 Å². The molecule has 194 valence electrons. The topological polar surface area (TPSA) is 48.0 Å². The van der Waals surface area contributed by atoms with E-state index in [9.17, 15) is 4.79 Å². The number of amides is 1. The molecule has 2 aliphatic heterocycles. The molecule has 5 nitrogen and oxygen atoms in total. The largest absolute Gasteiger partial charge is 0.493 e. The fraction of sp³-hybridized carbons (Fsp3) is 0.531. The Hall–Kier alpha value is -2.79. The summed E-state index contributed by atoms with van der Waals surface area (Å²) in [6.07, 6.45) is 10.7. The number of para-hydroxylation sites is 1. The smallest absolute Gasteiger partial charge is 0.230 e. The maximum Gasteiger partial charge on any atom is 0.230 e. The minimum absolute atomic E-state index is 0.0498. The van der Waals surface area contributed by atoms with Gasteiger partial charge in [-0.15, -0.1) is 0 Å². The third kappa shape index (κ3) is 3.42. The van der Waals surface area contributed by atoms with Crippen LogP contribution in [-0.4, -0.2) is 50.3 Å². The fourth-order valence-corrected chi connectivity index (χ4v) is 8.38. The number of hydrogen-bond acceptors (Lipinski definition) is 4. The Morgan fingerprint density at radius 1 is 1.05 bits per heavy atom. The van der Waals surface area contributed by atoms with Gasteiger partial charge in [-0.2, -0.15) is 0 Å². The summed E-state index contributed by atoms with van der Waals surface area (Å²) in [5.74, 6) is 3.36. The summed E-state index contributed by atoms with van der Waals surface area (Å²) < 4.78 is 18.9. The minimum atomic E-state index is -0.472. The normalized spacial score (nSPS) is 33.7. The Bertz CT molecular complexity index is 1210. The number of piperidine rings is 1. The van der Waals surface area contributed by atoms with Crippen molar-refractivity contribution >= 4 is 12.0 Å². The van der Waals surface area contributed by atoms with Crippen molar-refractivity contribution in [2.45, 2.75) is 50.0 Å². The van der Waals surface area contributed by atoms with Crippen molar-refractivity contribution in [1.82, 2.24) is 4.90 Å². The molecule has 5 unspecified atom stereocenters. The molecule has 5 fully saturated rings. The van der Waals surface area contributed by atoms with Crippen LogP contribution in [0.4, 0.5) is 0 Å². The van der Waals surface area contributed by atoms with Crippen molar-refractivity contribution in [2.75, 3.05) is 33.4 Å². The molecule has 0 radical (unpaired) electrons. The van der Waals surface area contributed by atoms with Crippen molar-refractivity contribution in [3.05, 3.63) is 65.7 Å². The molecular weight excluding hydrogens is 462 g/mol. The van der Waals surface area contributed by atoms with E-state index in [1.54, 1.807) is 7.11 Å². The van der Waals surface area contributed by atoms with Crippen LogP contribution >= 0.6 is 0 Å². The molecule has 0 N–H and O–H groups in total. The number of likely N-dealkylation sites (tertiary alicyclic amines) is 1. The SMILES string of the molecule is COc1cccc2c1OC1C3CCC4(C(=O)N(CC5CC5)CCC214)C(COCC=Cc1ccccc1)C3. The van der Waals surface area contributed by atoms with Crippen LogP contribution < -0.4 is 9.47 Å². The number of hydrogen-bond donors (Lipinski definition) is 0. The molecule has 1 amide bonds. The van der Waals surface area contributed by atoms with Gasteiger partial charge in [0.2, 0.25) is 5.91 Å². The monoisotopic (exact) mass is 499 g/mol. The molecule has 1 saturated heterocycles. The lowest BCUT2D eigenvalue weighted by molar-refractivity contribution is -0.201. The quantitative estimate of drug-likeness (QED) is 0.451. The maximum absolute atomic E-state index is 14.7. The number of benzene rings is 2. The first kappa shape index (κ1) is 23.3. The average molecular weight is 500 g/mol. The zero-order chi connectivity index (χ0) is 25.0. The molecule has 4 aliphatic carbocycles. The van der Waals surface area contributed by atoms with Gasteiger partial charge >= 0.3 is 0 Å². The van der Waals surface area contributed by atoms with Crippen molar-refractivity contribution in [1.29, 1.82) is 0 Å². The lowest BCUT2D eigenvalue weighted by Gasteiger charge is -2.66. The van der Waals surface area contributed by atoms with Gasteiger partial charge in [-0.3, -0.25) is 4.79 Å². The first-order valence-electron chi connectivity index (χ1n) is 14.1. The van der Waals surface area contributed by atoms with Crippen LogP contribution in [0.5, 0.6) is 11.5 Å². The van der Waals surface area contributed by atoms with Crippen molar-refractivity contribution in [3.8, 4) is 11.5 Å². The van der Waals surface area contributed by atoms with Gasteiger partial charge in [0.05, 0.1) is 31.2 Å². The van der Waals surface area contributed by atoms with Crippen LogP contribution in [0.1, 0.15) is 49.7 Å². The van der Waals surface area contributed by atoms with Crippen LogP contribution in [0.3, 0.4) is 0 Å². The Kier molecular flexibility index (Phi) is 5.62. The predicted octanol–water partition coefficient (Wildman–Crippen LogP) is 5.48. The van der Waals surface area contributed by atoms with E-state index in [4.69, 9.17) is 14.2 Å². The van der Waals surface area contributed by atoms with Crippen LogP contribution in [-0.2, 0) is 14.9 Å². The Balaban J connectivity index is 1.22. The summed E-state index contributed by atoms with van der Waals surface area (Å²) >= 11 is 0. The second kappa shape index (κ2) is 8.90. The molecular formula is C32H37NO4. The predicted molar refractivity (Wildman–Crippen MR) is 143 cm³/mol. The highest BCUT2D eigenvalue weighted by atomic mass is 16.5. The maximum atomic E-state index is 14.7. The second-order valence-electron chi connectivity index (χ2n) is 11.8. The number of nitrogens with zero attached hydrogens (tertiary/aromatic N) is 1. The van der Waals surface area contributed by atoms with E-state index >= 15 is 0 Å². The van der Waals surface area contributed by atoms with Crippen molar-refractivity contribution in [3.63, 3.8) is 0 Å². The number of carbonyl (C=O) groups excluding carboxylic acids is 1. The number of rotatable bonds is 8. The van der Waals surface area contributed by atoms with Gasteiger partial charge in [0.25, 0.3) is 0 Å². The first-order valence-corrected chi connectivity index (χ1v) is 14.1. The molecule has 0 aromatic heterocycles. The average Bonchev–Trinajstić information content (AvgIpc) is 3.69. The van der Waals surface area contributed by atoms with E-state index in [2.05, 4.69) is 41.3 Å². The lowest BCUT2D eigenvalue weighted by atomic mass is 9.39. The zero-order valence-corrected chi connectivity index (χ0v) is 21.7. The molecule has 37 heavy (non-hydrogen) atoms. The minimum Gasteiger partial charge on any atom is -0.493 e. The van der Waals surface area contributed by atoms with Crippen LogP contribution in [0.2, 0.25) is 0 Å². The van der Waals surface area contributed by atoms with E-state index in [1.807, 2.05) is 24.3 Å². The van der Waals surface area contributed by atoms with Gasteiger partial charge in [0.1, 0.15) is 6.10 Å². The van der Waals surface area contributed by atoms with Gasteiger partial charge < -0.3 is 19.1 Å². The van der Waals surface area contributed by atoms with E-state index in [0.29, 0.717) is 31.0 Å². The molecule has 8 rings (SSSR count). The van der Waals surface area contributed by atoms with Gasteiger partial charge in [-0.1, -0.05) is 54.6 Å². The van der Waals surface area contributed by atoms with Crippen LogP contribution in [0.25, 0.3) is 6.08 Å². The highest BCUT2D eigenvalue weighted by Crippen LogP contribution is 2.72. The number of carbonyl (C=O) groups is 1. The van der Waals surface area contributed by atoms with Crippen molar-refractivity contribution in [2.24, 2.45) is 23.2 Å². The third-order valence-corrected chi connectivity index (χ3v) is 10.1. The molecule has 5 atom stereocenters. The van der Waals surface area contributed by atoms with Crippen LogP contribution in [0.15, 0.2) is 54.6 Å². The van der Waals surface area contributed by atoms with E-state index in [1.165, 1.54) is 24.0 Å². The molecule has 2 heterocycles. The van der Waals surface area contributed by atoms with Crippen LogP contribution in [0, 0.1) is 23.2 Å². The highest BCUT2D eigenvalue weighted by Gasteiger charge is 2.76. The number of fused-ring (bicyclic) bond motifs is 3.